The fourth-order valence-electron chi connectivity index (χ4n) is 3.35. The molecule has 0 N–H and O–H groups in total. The molecule has 132 valence electrons. The minimum Gasteiger partial charge on any atom is -0.350 e. The van der Waals surface area contributed by atoms with E-state index in [2.05, 4.69) is 4.98 Å². The van der Waals surface area contributed by atoms with Crippen LogP contribution in [-0.2, 0) is 9.47 Å². The van der Waals surface area contributed by atoms with Crippen molar-refractivity contribution in [3.8, 4) is 10.6 Å². The Morgan fingerprint density at radius 2 is 2.08 bits per heavy atom. The van der Waals surface area contributed by atoms with Crippen LogP contribution in [0.5, 0.6) is 0 Å². The minimum atomic E-state index is -0.329. The lowest BCUT2D eigenvalue weighted by Crippen LogP contribution is -2.43. The zero-order chi connectivity index (χ0) is 17.2. The highest BCUT2D eigenvalue weighted by molar-refractivity contribution is 7.16. The molecule has 2 aliphatic heterocycles. The van der Waals surface area contributed by atoms with Gasteiger partial charge in [-0.1, -0.05) is 12.1 Å². The summed E-state index contributed by atoms with van der Waals surface area (Å²) in [5.41, 5.74) is 0.427. The standard InChI is InChI=1S/C18H19FN2O3S/c19-14-6-2-1-5-13(14)16-20-10-15(25-16)17(22)21-7-3-4-12(11-21)18-23-8-9-24-18/h1-2,5-6,10,12,18H,3-4,7-9,11H2. The van der Waals surface area contributed by atoms with E-state index < -0.39 is 0 Å². The number of aromatic nitrogens is 1. The van der Waals surface area contributed by atoms with Crippen molar-refractivity contribution in [2.75, 3.05) is 26.3 Å². The van der Waals surface area contributed by atoms with Crippen LogP contribution in [0.25, 0.3) is 10.6 Å². The predicted octanol–water partition coefficient (Wildman–Crippen LogP) is 3.17. The van der Waals surface area contributed by atoms with Gasteiger partial charge in [0.2, 0.25) is 0 Å². The number of hydrogen-bond donors (Lipinski definition) is 0. The van der Waals surface area contributed by atoms with Crippen LogP contribution in [0.2, 0.25) is 0 Å². The zero-order valence-corrected chi connectivity index (χ0v) is 14.5. The number of likely N-dealkylation sites (tertiary alicyclic amines) is 1. The van der Waals surface area contributed by atoms with Gasteiger partial charge in [0.1, 0.15) is 15.7 Å². The third kappa shape index (κ3) is 3.44. The molecule has 1 atom stereocenters. The molecule has 3 heterocycles. The molecule has 2 aromatic rings. The lowest BCUT2D eigenvalue weighted by molar-refractivity contribution is -0.0969. The Morgan fingerprint density at radius 1 is 1.28 bits per heavy atom. The van der Waals surface area contributed by atoms with Crippen molar-refractivity contribution in [1.29, 1.82) is 0 Å². The smallest absolute Gasteiger partial charge is 0.265 e. The van der Waals surface area contributed by atoms with Crippen LogP contribution >= 0.6 is 11.3 Å². The maximum Gasteiger partial charge on any atom is 0.265 e. The fourth-order valence-corrected chi connectivity index (χ4v) is 4.26. The maximum atomic E-state index is 13.9. The van der Waals surface area contributed by atoms with E-state index in [4.69, 9.17) is 9.47 Å². The Balaban J connectivity index is 1.48. The Hall–Kier alpha value is -1.83. The van der Waals surface area contributed by atoms with Crippen molar-refractivity contribution >= 4 is 17.2 Å². The third-order valence-electron chi connectivity index (χ3n) is 4.60. The zero-order valence-electron chi connectivity index (χ0n) is 13.7. The second kappa shape index (κ2) is 7.19. The van der Waals surface area contributed by atoms with Gasteiger partial charge in [-0.3, -0.25) is 4.79 Å². The summed E-state index contributed by atoms with van der Waals surface area (Å²) in [5, 5.41) is 0.525. The molecule has 1 aromatic carbocycles. The first kappa shape index (κ1) is 16.6. The molecular formula is C18H19FN2O3S. The third-order valence-corrected chi connectivity index (χ3v) is 5.62. The van der Waals surface area contributed by atoms with Gasteiger partial charge in [-0.05, 0) is 25.0 Å². The maximum absolute atomic E-state index is 13.9. The van der Waals surface area contributed by atoms with E-state index in [0.717, 1.165) is 19.4 Å². The molecule has 1 amide bonds. The Bertz CT molecular complexity index is 760. The number of benzene rings is 1. The van der Waals surface area contributed by atoms with Gasteiger partial charge in [0.25, 0.3) is 5.91 Å². The van der Waals surface area contributed by atoms with E-state index >= 15 is 0 Å². The number of halogens is 1. The first-order chi connectivity index (χ1) is 12.2. The Kier molecular flexibility index (Phi) is 4.78. The first-order valence-corrected chi connectivity index (χ1v) is 9.27. The molecule has 7 heteroatoms. The highest BCUT2D eigenvalue weighted by Crippen LogP contribution is 2.30. The number of piperidine rings is 1. The van der Waals surface area contributed by atoms with E-state index in [-0.39, 0.29) is 23.9 Å². The van der Waals surface area contributed by atoms with Crippen LogP contribution in [0.15, 0.2) is 30.5 Å². The van der Waals surface area contributed by atoms with Crippen molar-refractivity contribution in [3.05, 3.63) is 41.2 Å². The van der Waals surface area contributed by atoms with E-state index in [9.17, 15) is 9.18 Å². The fraction of sp³-hybridized carbons (Fsp3) is 0.444. The topological polar surface area (TPSA) is 51.7 Å². The van der Waals surface area contributed by atoms with Crippen molar-refractivity contribution in [3.63, 3.8) is 0 Å². The molecule has 0 spiro atoms. The monoisotopic (exact) mass is 362 g/mol. The SMILES string of the molecule is O=C(c1cnc(-c2ccccc2F)s1)N1CCCC(C2OCCO2)C1. The van der Waals surface area contributed by atoms with E-state index in [1.54, 1.807) is 24.4 Å². The number of carbonyl (C=O) groups is 1. The predicted molar refractivity (Wildman–Crippen MR) is 91.8 cm³/mol. The van der Waals surface area contributed by atoms with Crippen molar-refractivity contribution in [1.82, 2.24) is 9.88 Å². The minimum absolute atomic E-state index is 0.0530. The van der Waals surface area contributed by atoms with E-state index in [1.165, 1.54) is 17.4 Å². The number of ether oxygens (including phenoxy) is 2. The highest BCUT2D eigenvalue weighted by atomic mass is 32.1. The van der Waals surface area contributed by atoms with Crippen LogP contribution in [0.3, 0.4) is 0 Å². The number of rotatable bonds is 3. The number of hydrogen-bond acceptors (Lipinski definition) is 5. The van der Waals surface area contributed by atoms with Gasteiger partial charge in [0, 0.05) is 24.6 Å². The number of nitrogens with zero attached hydrogens (tertiary/aromatic N) is 2. The molecule has 25 heavy (non-hydrogen) atoms. The van der Waals surface area contributed by atoms with Crippen LogP contribution in [0.4, 0.5) is 4.39 Å². The molecule has 0 bridgehead atoms. The second-order valence-electron chi connectivity index (χ2n) is 6.27. The summed E-state index contributed by atoms with van der Waals surface area (Å²) >= 11 is 1.23. The number of thiazole rings is 1. The summed E-state index contributed by atoms with van der Waals surface area (Å²) < 4.78 is 25.1. The lowest BCUT2D eigenvalue weighted by atomic mass is 9.97. The van der Waals surface area contributed by atoms with Gasteiger partial charge in [-0.25, -0.2) is 9.37 Å². The summed E-state index contributed by atoms with van der Waals surface area (Å²) in [7, 11) is 0. The normalized spacial score (nSPS) is 21.6. The largest absolute Gasteiger partial charge is 0.350 e. The number of carbonyl (C=O) groups excluding carboxylic acids is 1. The molecule has 1 aromatic heterocycles. The van der Waals surface area contributed by atoms with Gasteiger partial charge >= 0.3 is 0 Å². The van der Waals surface area contributed by atoms with Gasteiger partial charge < -0.3 is 14.4 Å². The molecule has 1 unspecified atom stereocenters. The molecular weight excluding hydrogens is 343 g/mol. The second-order valence-corrected chi connectivity index (χ2v) is 7.30. The summed E-state index contributed by atoms with van der Waals surface area (Å²) in [6.45, 7) is 2.58. The molecule has 4 rings (SSSR count). The Morgan fingerprint density at radius 3 is 2.88 bits per heavy atom. The molecule has 2 fully saturated rings. The van der Waals surface area contributed by atoms with Gasteiger partial charge in [0.15, 0.2) is 6.29 Å². The van der Waals surface area contributed by atoms with Gasteiger partial charge in [0.05, 0.1) is 19.4 Å². The molecule has 2 saturated heterocycles. The van der Waals surface area contributed by atoms with E-state index in [1.807, 2.05) is 4.90 Å². The first-order valence-electron chi connectivity index (χ1n) is 8.45. The highest BCUT2D eigenvalue weighted by Gasteiger charge is 2.33. The van der Waals surface area contributed by atoms with Crippen LogP contribution in [0.1, 0.15) is 22.5 Å². The average Bonchev–Trinajstić information content (AvgIpc) is 3.34. The molecule has 0 aliphatic carbocycles. The molecule has 2 aliphatic rings. The summed E-state index contributed by atoms with van der Waals surface area (Å²) in [4.78, 5) is 19.4. The van der Waals surface area contributed by atoms with Crippen molar-refractivity contribution in [2.45, 2.75) is 19.1 Å². The molecule has 0 radical (unpaired) electrons. The molecule has 5 nitrogen and oxygen atoms in total. The molecule has 0 saturated carbocycles. The lowest BCUT2D eigenvalue weighted by Gasteiger charge is -2.34. The van der Waals surface area contributed by atoms with Crippen LogP contribution in [0, 0.1) is 11.7 Å². The van der Waals surface area contributed by atoms with Gasteiger partial charge in [-0.2, -0.15) is 0 Å². The summed E-state index contributed by atoms with van der Waals surface area (Å²) in [6.07, 6.45) is 3.27. The summed E-state index contributed by atoms with van der Waals surface area (Å²) in [6, 6.07) is 6.47. The Labute approximate surface area is 149 Å². The van der Waals surface area contributed by atoms with Crippen molar-refractivity contribution in [2.24, 2.45) is 5.92 Å². The van der Waals surface area contributed by atoms with Crippen molar-refractivity contribution < 1.29 is 18.7 Å². The van der Waals surface area contributed by atoms with Crippen LogP contribution < -0.4 is 0 Å². The van der Waals surface area contributed by atoms with E-state index in [0.29, 0.717) is 35.2 Å². The average molecular weight is 362 g/mol. The van der Waals surface area contributed by atoms with Crippen LogP contribution in [-0.4, -0.2) is 48.4 Å². The summed E-state index contributed by atoms with van der Waals surface area (Å²) in [5.74, 6) is -0.175. The van der Waals surface area contributed by atoms with Gasteiger partial charge in [-0.15, -0.1) is 11.3 Å². The number of amides is 1. The quantitative estimate of drug-likeness (QED) is 0.842.